The van der Waals surface area contributed by atoms with Crippen LogP contribution in [-0.4, -0.2) is 45.0 Å². The topological polar surface area (TPSA) is 75.4 Å². The molecule has 1 N–H and O–H groups in total. The Morgan fingerprint density at radius 1 is 1.53 bits per heavy atom. The van der Waals surface area contributed by atoms with E-state index in [1.54, 1.807) is 23.3 Å². The number of amides is 1. The number of hydrogen-bond acceptors (Lipinski definition) is 3. The molecule has 6 nitrogen and oxygen atoms in total. The number of carbonyl (C=O) groups excluding carboxylic acids is 1. The van der Waals surface area contributed by atoms with Crippen molar-refractivity contribution in [1.29, 1.82) is 0 Å². The van der Waals surface area contributed by atoms with Crippen molar-refractivity contribution >= 4 is 11.9 Å². The van der Waals surface area contributed by atoms with Crippen LogP contribution in [0.2, 0.25) is 0 Å². The monoisotopic (exact) mass is 211 g/mol. The van der Waals surface area contributed by atoms with E-state index in [4.69, 9.17) is 5.11 Å². The third kappa shape index (κ3) is 3.80. The summed E-state index contributed by atoms with van der Waals surface area (Å²) in [5, 5.41) is 8.48. The Morgan fingerprint density at radius 3 is 2.80 bits per heavy atom. The van der Waals surface area contributed by atoms with E-state index in [0.717, 1.165) is 0 Å². The summed E-state index contributed by atoms with van der Waals surface area (Å²) in [5.41, 5.74) is 0. The van der Waals surface area contributed by atoms with Gasteiger partial charge >= 0.3 is 5.97 Å². The second kappa shape index (κ2) is 5.14. The van der Waals surface area contributed by atoms with Crippen molar-refractivity contribution in [3.05, 3.63) is 18.7 Å². The first-order chi connectivity index (χ1) is 7.09. The Labute approximate surface area is 87.1 Å². The highest BCUT2D eigenvalue weighted by Gasteiger charge is 2.11. The summed E-state index contributed by atoms with van der Waals surface area (Å²) in [7, 11) is 1.48. The lowest BCUT2D eigenvalue weighted by Crippen LogP contribution is -2.32. The maximum atomic E-state index is 11.4. The van der Waals surface area contributed by atoms with Crippen LogP contribution >= 0.6 is 0 Å². The van der Waals surface area contributed by atoms with Crippen molar-refractivity contribution in [2.45, 2.75) is 13.0 Å². The fourth-order valence-electron chi connectivity index (χ4n) is 1.13. The van der Waals surface area contributed by atoms with E-state index in [9.17, 15) is 9.59 Å². The van der Waals surface area contributed by atoms with Gasteiger partial charge in [-0.2, -0.15) is 0 Å². The van der Waals surface area contributed by atoms with E-state index in [0.29, 0.717) is 6.54 Å². The van der Waals surface area contributed by atoms with E-state index in [-0.39, 0.29) is 18.9 Å². The van der Waals surface area contributed by atoms with E-state index in [1.165, 1.54) is 11.9 Å². The molecule has 0 saturated carbocycles. The summed E-state index contributed by atoms with van der Waals surface area (Å²) in [6.45, 7) is 0.256. The highest BCUT2D eigenvalue weighted by Crippen LogP contribution is 1.95. The van der Waals surface area contributed by atoms with Crippen molar-refractivity contribution in [3.8, 4) is 0 Å². The minimum Gasteiger partial charge on any atom is -0.480 e. The lowest BCUT2D eigenvalue weighted by atomic mass is 10.3. The maximum Gasteiger partial charge on any atom is 0.323 e. The van der Waals surface area contributed by atoms with Crippen LogP contribution in [-0.2, 0) is 16.1 Å². The van der Waals surface area contributed by atoms with Gasteiger partial charge in [0.2, 0.25) is 5.91 Å². The van der Waals surface area contributed by atoms with E-state index in [2.05, 4.69) is 4.98 Å². The summed E-state index contributed by atoms with van der Waals surface area (Å²) in [6, 6.07) is 0. The Hall–Kier alpha value is -1.85. The van der Waals surface area contributed by atoms with Crippen LogP contribution in [0.5, 0.6) is 0 Å². The van der Waals surface area contributed by atoms with Crippen LogP contribution in [0.4, 0.5) is 0 Å². The molecule has 0 aliphatic heterocycles. The summed E-state index contributed by atoms with van der Waals surface area (Å²) in [5.74, 6) is -1.19. The van der Waals surface area contributed by atoms with Gasteiger partial charge in [-0.1, -0.05) is 0 Å². The predicted octanol–water partition coefficient (Wildman–Crippen LogP) is -0.184. The molecule has 0 saturated heterocycles. The zero-order chi connectivity index (χ0) is 11.3. The molecule has 15 heavy (non-hydrogen) atoms. The third-order valence-corrected chi connectivity index (χ3v) is 1.94. The molecular formula is C9H13N3O3. The van der Waals surface area contributed by atoms with Crippen LogP contribution < -0.4 is 0 Å². The van der Waals surface area contributed by atoms with E-state index < -0.39 is 5.97 Å². The first kappa shape index (κ1) is 11.2. The zero-order valence-electron chi connectivity index (χ0n) is 8.46. The summed E-state index contributed by atoms with van der Waals surface area (Å²) in [4.78, 5) is 26.8. The molecule has 1 amide bonds. The van der Waals surface area contributed by atoms with Gasteiger partial charge in [-0.25, -0.2) is 4.98 Å². The molecule has 0 bridgehead atoms. The number of carbonyl (C=O) groups is 2. The van der Waals surface area contributed by atoms with Crippen LogP contribution in [0.3, 0.4) is 0 Å². The number of likely N-dealkylation sites (N-methyl/N-ethyl adjacent to an activating group) is 1. The molecule has 1 aromatic heterocycles. The fraction of sp³-hybridized carbons (Fsp3) is 0.444. The second-order valence-corrected chi connectivity index (χ2v) is 3.19. The number of aryl methyl sites for hydroxylation is 1. The highest BCUT2D eigenvalue weighted by atomic mass is 16.4. The normalized spacial score (nSPS) is 9.93. The number of rotatable bonds is 5. The number of nitrogens with zero attached hydrogens (tertiary/aromatic N) is 3. The van der Waals surface area contributed by atoms with Gasteiger partial charge in [-0.15, -0.1) is 0 Å². The molecular weight excluding hydrogens is 198 g/mol. The van der Waals surface area contributed by atoms with Crippen molar-refractivity contribution < 1.29 is 14.7 Å². The minimum atomic E-state index is -1.01. The van der Waals surface area contributed by atoms with Crippen LogP contribution in [0.15, 0.2) is 18.7 Å². The molecule has 1 aromatic rings. The Balaban J connectivity index is 2.32. The highest BCUT2D eigenvalue weighted by molar-refractivity contribution is 5.80. The van der Waals surface area contributed by atoms with Gasteiger partial charge in [0.1, 0.15) is 6.54 Å². The Kier molecular flexibility index (Phi) is 3.84. The average molecular weight is 211 g/mol. The number of carboxylic acids is 1. The third-order valence-electron chi connectivity index (χ3n) is 1.94. The molecule has 1 heterocycles. The van der Waals surface area contributed by atoms with Gasteiger partial charge in [0.25, 0.3) is 0 Å². The number of hydrogen-bond donors (Lipinski definition) is 1. The molecule has 1 rings (SSSR count). The fourth-order valence-corrected chi connectivity index (χ4v) is 1.13. The van der Waals surface area contributed by atoms with Gasteiger partial charge in [0.05, 0.1) is 6.33 Å². The van der Waals surface area contributed by atoms with Crippen LogP contribution in [0.1, 0.15) is 6.42 Å². The van der Waals surface area contributed by atoms with Crippen molar-refractivity contribution in [2.24, 2.45) is 0 Å². The zero-order valence-corrected chi connectivity index (χ0v) is 8.46. The standard InChI is InChI=1S/C9H13N3O3/c1-11(6-9(14)15)8(13)2-4-12-5-3-10-7-12/h3,5,7H,2,4,6H2,1H3,(H,14,15). The van der Waals surface area contributed by atoms with Crippen molar-refractivity contribution in [3.63, 3.8) is 0 Å². The van der Waals surface area contributed by atoms with Crippen molar-refractivity contribution in [2.75, 3.05) is 13.6 Å². The van der Waals surface area contributed by atoms with Gasteiger partial charge in [0.15, 0.2) is 0 Å². The molecule has 0 unspecified atom stereocenters. The Bertz CT molecular complexity index is 334. The van der Waals surface area contributed by atoms with Crippen LogP contribution in [0.25, 0.3) is 0 Å². The minimum absolute atomic E-state index is 0.189. The Morgan fingerprint density at radius 2 is 2.27 bits per heavy atom. The molecule has 0 aromatic carbocycles. The summed E-state index contributed by atoms with van der Waals surface area (Å²) < 4.78 is 1.77. The molecule has 0 radical (unpaired) electrons. The summed E-state index contributed by atoms with van der Waals surface area (Å²) >= 11 is 0. The van der Waals surface area contributed by atoms with E-state index in [1.807, 2.05) is 0 Å². The lowest BCUT2D eigenvalue weighted by Gasteiger charge is -2.14. The quantitative estimate of drug-likeness (QED) is 0.732. The first-order valence-electron chi connectivity index (χ1n) is 4.51. The number of aliphatic carboxylic acids is 1. The smallest absolute Gasteiger partial charge is 0.323 e. The number of imidazole rings is 1. The van der Waals surface area contributed by atoms with Gasteiger partial charge < -0.3 is 14.6 Å². The molecule has 0 aliphatic rings. The SMILES string of the molecule is CN(CC(=O)O)C(=O)CCn1ccnc1. The average Bonchev–Trinajstić information content (AvgIpc) is 2.65. The largest absolute Gasteiger partial charge is 0.480 e. The van der Waals surface area contributed by atoms with E-state index >= 15 is 0 Å². The molecule has 6 heteroatoms. The van der Waals surface area contributed by atoms with Gasteiger partial charge in [-0.05, 0) is 0 Å². The summed E-state index contributed by atoms with van der Waals surface area (Å²) in [6.07, 6.45) is 5.28. The van der Waals surface area contributed by atoms with Gasteiger partial charge in [-0.3, -0.25) is 9.59 Å². The molecule has 0 aliphatic carbocycles. The number of carboxylic acid groups (broad SMARTS) is 1. The maximum absolute atomic E-state index is 11.4. The molecule has 0 spiro atoms. The molecule has 0 atom stereocenters. The first-order valence-corrected chi connectivity index (χ1v) is 4.51. The second-order valence-electron chi connectivity index (χ2n) is 3.19. The van der Waals surface area contributed by atoms with Gasteiger partial charge in [0, 0.05) is 32.4 Å². The number of aromatic nitrogens is 2. The van der Waals surface area contributed by atoms with Crippen molar-refractivity contribution in [1.82, 2.24) is 14.5 Å². The lowest BCUT2D eigenvalue weighted by molar-refractivity contribution is -0.143. The molecule has 82 valence electrons. The molecule has 0 fully saturated rings. The predicted molar refractivity (Wildman–Crippen MR) is 52.1 cm³/mol. The van der Waals surface area contributed by atoms with Crippen LogP contribution in [0, 0.1) is 0 Å².